The van der Waals surface area contributed by atoms with Crippen LogP contribution in [0.3, 0.4) is 0 Å². The first kappa shape index (κ1) is 15.9. The highest BCUT2D eigenvalue weighted by molar-refractivity contribution is 5.95. The van der Waals surface area contributed by atoms with Crippen molar-refractivity contribution >= 4 is 11.8 Å². The molecule has 2 aliphatic rings. The minimum Gasteiger partial charge on any atom is -0.364 e. The number of nitrogens with zero attached hydrogens (tertiary/aromatic N) is 4. The van der Waals surface area contributed by atoms with E-state index in [9.17, 15) is 9.59 Å². The van der Waals surface area contributed by atoms with E-state index in [2.05, 4.69) is 5.16 Å². The Labute approximate surface area is 134 Å². The second-order valence-electron chi connectivity index (χ2n) is 6.31. The SMILES string of the molecule is Cc1oncc1C(=O)N1C[C@@H]2[C@@H](C1)OCC(=O)N2CCN(C)C. The Bertz CT molecular complexity index is 600. The van der Waals surface area contributed by atoms with Gasteiger partial charge in [0.15, 0.2) is 0 Å². The number of carbonyl (C=O) groups excluding carboxylic acids is 2. The zero-order valence-electron chi connectivity index (χ0n) is 13.7. The van der Waals surface area contributed by atoms with Gasteiger partial charge in [-0.15, -0.1) is 0 Å². The average molecular weight is 322 g/mol. The summed E-state index contributed by atoms with van der Waals surface area (Å²) >= 11 is 0. The molecular formula is C15H22N4O4. The normalized spacial score (nSPS) is 24.4. The van der Waals surface area contributed by atoms with Gasteiger partial charge in [-0.3, -0.25) is 9.59 Å². The van der Waals surface area contributed by atoms with Crippen LogP contribution < -0.4 is 0 Å². The third-order valence-electron chi connectivity index (χ3n) is 4.43. The number of amides is 2. The number of fused-ring (bicyclic) bond motifs is 1. The Kier molecular flexibility index (Phi) is 4.36. The third kappa shape index (κ3) is 3.09. The van der Waals surface area contributed by atoms with Gasteiger partial charge >= 0.3 is 0 Å². The van der Waals surface area contributed by atoms with Crippen LogP contribution in [0.15, 0.2) is 10.7 Å². The molecule has 3 rings (SSSR count). The molecule has 0 N–H and O–H groups in total. The van der Waals surface area contributed by atoms with E-state index in [1.807, 2.05) is 23.9 Å². The van der Waals surface area contributed by atoms with Crippen LogP contribution in [0.2, 0.25) is 0 Å². The van der Waals surface area contributed by atoms with Crippen LogP contribution in [0.1, 0.15) is 16.1 Å². The Hall–Kier alpha value is -1.93. The lowest BCUT2D eigenvalue weighted by Gasteiger charge is -2.37. The summed E-state index contributed by atoms with van der Waals surface area (Å²) < 4.78 is 10.6. The van der Waals surface area contributed by atoms with Gasteiger partial charge in [0.1, 0.15) is 17.9 Å². The lowest BCUT2D eigenvalue weighted by molar-refractivity contribution is -0.153. The fourth-order valence-corrected chi connectivity index (χ4v) is 3.10. The van der Waals surface area contributed by atoms with Crippen LogP contribution in [0, 0.1) is 6.92 Å². The van der Waals surface area contributed by atoms with Crippen LogP contribution in [0.4, 0.5) is 0 Å². The predicted octanol–water partition coefficient (Wildman–Crippen LogP) is -0.404. The Morgan fingerprint density at radius 1 is 1.43 bits per heavy atom. The van der Waals surface area contributed by atoms with Crippen molar-refractivity contribution in [2.45, 2.75) is 19.1 Å². The lowest BCUT2D eigenvalue weighted by Crippen LogP contribution is -2.55. The first-order chi connectivity index (χ1) is 11.0. The number of aromatic nitrogens is 1. The van der Waals surface area contributed by atoms with Crippen LogP contribution in [0.5, 0.6) is 0 Å². The van der Waals surface area contributed by atoms with Crippen LogP contribution in [-0.2, 0) is 9.53 Å². The van der Waals surface area contributed by atoms with Gasteiger partial charge in [0.05, 0.1) is 18.3 Å². The van der Waals surface area contributed by atoms with Gasteiger partial charge in [-0.1, -0.05) is 5.16 Å². The van der Waals surface area contributed by atoms with Crippen molar-refractivity contribution < 1.29 is 18.8 Å². The van der Waals surface area contributed by atoms with Gasteiger partial charge in [0.2, 0.25) is 5.91 Å². The highest BCUT2D eigenvalue weighted by Crippen LogP contribution is 2.25. The fraction of sp³-hybridized carbons (Fsp3) is 0.667. The molecule has 8 heteroatoms. The molecule has 0 unspecified atom stereocenters. The van der Waals surface area contributed by atoms with Crippen LogP contribution in [-0.4, -0.2) is 90.7 Å². The summed E-state index contributed by atoms with van der Waals surface area (Å²) in [4.78, 5) is 30.4. The molecule has 2 aliphatic heterocycles. The maximum Gasteiger partial charge on any atom is 0.259 e. The summed E-state index contributed by atoms with van der Waals surface area (Å²) in [6.07, 6.45) is 1.31. The van der Waals surface area contributed by atoms with E-state index in [1.165, 1.54) is 6.20 Å². The minimum absolute atomic E-state index is 0.0106. The average Bonchev–Trinajstić information content (AvgIpc) is 3.11. The van der Waals surface area contributed by atoms with E-state index in [0.717, 1.165) is 6.54 Å². The van der Waals surface area contributed by atoms with E-state index in [4.69, 9.17) is 9.26 Å². The predicted molar refractivity (Wildman–Crippen MR) is 80.9 cm³/mol. The second-order valence-corrected chi connectivity index (χ2v) is 6.31. The van der Waals surface area contributed by atoms with Crippen molar-refractivity contribution in [2.24, 2.45) is 0 Å². The van der Waals surface area contributed by atoms with Gasteiger partial charge in [0.25, 0.3) is 5.91 Å². The molecule has 0 bridgehead atoms. The second kappa shape index (κ2) is 6.29. The number of ether oxygens (including phenoxy) is 1. The molecule has 2 amide bonds. The molecule has 2 atom stereocenters. The molecule has 0 spiro atoms. The molecule has 2 fully saturated rings. The molecule has 1 aromatic heterocycles. The maximum absolute atomic E-state index is 12.6. The van der Waals surface area contributed by atoms with E-state index in [0.29, 0.717) is 31.0 Å². The molecule has 3 heterocycles. The molecule has 126 valence electrons. The number of aryl methyl sites for hydroxylation is 1. The quantitative estimate of drug-likeness (QED) is 0.750. The number of rotatable bonds is 4. The smallest absolute Gasteiger partial charge is 0.259 e. The summed E-state index contributed by atoms with van der Waals surface area (Å²) in [6, 6.07) is -0.0830. The summed E-state index contributed by atoms with van der Waals surface area (Å²) in [6.45, 7) is 4.20. The number of morpholine rings is 1. The Balaban J connectivity index is 1.72. The molecule has 0 saturated carbocycles. The van der Waals surface area contributed by atoms with Gasteiger partial charge in [0, 0.05) is 26.2 Å². The van der Waals surface area contributed by atoms with Crippen molar-refractivity contribution in [3.8, 4) is 0 Å². The van der Waals surface area contributed by atoms with Gasteiger partial charge in [-0.05, 0) is 21.0 Å². The third-order valence-corrected chi connectivity index (χ3v) is 4.43. The van der Waals surface area contributed by atoms with E-state index in [1.54, 1.807) is 11.8 Å². The molecule has 0 aliphatic carbocycles. The van der Waals surface area contributed by atoms with Crippen molar-refractivity contribution in [2.75, 3.05) is 46.9 Å². The molecule has 2 saturated heterocycles. The number of likely N-dealkylation sites (N-methyl/N-ethyl adjacent to an activating group) is 1. The zero-order valence-corrected chi connectivity index (χ0v) is 13.7. The standard InChI is InChI=1S/C15H22N4O4/c1-10-11(6-16-23-10)15(21)18-7-12-13(8-18)22-9-14(20)19(12)5-4-17(2)3/h6,12-13H,4-5,7-9H2,1-3H3/t12-,13-/m1/s1. The highest BCUT2D eigenvalue weighted by Gasteiger charge is 2.44. The first-order valence-electron chi connectivity index (χ1n) is 7.73. The summed E-state index contributed by atoms with van der Waals surface area (Å²) in [5, 5.41) is 3.66. The number of hydrogen-bond donors (Lipinski definition) is 0. The van der Waals surface area contributed by atoms with E-state index in [-0.39, 0.29) is 30.6 Å². The lowest BCUT2D eigenvalue weighted by atomic mass is 10.1. The topological polar surface area (TPSA) is 79.1 Å². The van der Waals surface area contributed by atoms with E-state index < -0.39 is 0 Å². The monoisotopic (exact) mass is 322 g/mol. The highest BCUT2D eigenvalue weighted by atomic mass is 16.5. The van der Waals surface area contributed by atoms with Crippen molar-refractivity contribution in [1.29, 1.82) is 0 Å². The van der Waals surface area contributed by atoms with Crippen LogP contribution >= 0.6 is 0 Å². The summed E-state index contributed by atoms with van der Waals surface area (Å²) in [5.41, 5.74) is 0.467. The van der Waals surface area contributed by atoms with Crippen molar-refractivity contribution in [3.05, 3.63) is 17.5 Å². The zero-order chi connectivity index (χ0) is 16.6. The molecule has 23 heavy (non-hydrogen) atoms. The largest absolute Gasteiger partial charge is 0.364 e. The van der Waals surface area contributed by atoms with Crippen LogP contribution in [0.25, 0.3) is 0 Å². The maximum atomic E-state index is 12.6. The Morgan fingerprint density at radius 2 is 2.22 bits per heavy atom. The van der Waals surface area contributed by atoms with Crippen molar-refractivity contribution in [3.63, 3.8) is 0 Å². The first-order valence-corrected chi connectivity index (χ1v) is 7.73. The van der Waals surface area contributed by atoms with Gasteiger partial charge in [-0.25, -0.2) is 0 Å². The number of hydrogen-bond acceptors (Lipinski definition) is 6. The summed E-state index contributed by atoms with van der Waals surface area (Å²) in [5.74, 6) is 0.372. The van der Waals surface area contributed by atoms with E-state index >= 15 is 0 Å². The molecule has 1 aromatic rings. The molecular weight excluding hydrogens is 300 g/mol. The number of carbonyl (C=O) groups is 2. The Morgan fingerprint density at radius 3 is 2.87 bits per heavy atom. The summed E-state index contributed by atoms with van der Waals surface area (Å²) in [7, 11) is 3.95. The fourth-order valence-electron chi connectivity index (χ4n) is 3.10. The minimum atomic E-state index is -0.126. The molecule has 8 nitrogen and oxygen atoms in total. The molecule has 0 aromatic carbocycles. The number of likely N-dealkylation sites (tertiary alicyclic amines) is 1. The molecule has 0 radical (unpaired) electrons. The van der Waals surface area contributed by atoms with Gasteiger partial charge < -0.3 is 24.0 Å². The van der Waals surface area contributed by atoms with Gasteiger partial charge in [-0.2, -0.15) is 0 Å². The van der Waals surface area contributed by atoms with Crippen molar-refractivity contribution in [1.82, 2.24) is 19.9 Å².